The van der Waals surface area contributed by atoms with E-state index >= 15 is 0 Å². The van der Waals surface area contributed by atoms with E-state index in [0.717, 1.165) is 62.2 Å². The molecule has 3 aromatic rings. The van der Waals surface area contributed by atoms with Gasteiger partial charge < -0.3 is 20.0 Å². The van der Waals surface area contributed by atoms with Gasteiger partial charge in [-0.2, -0.15) is 4.98 Å². The van der Waals surface area contributed by atoms with Crippen molar-refractivity contribution in [2.24, 2.45) is 0 Å². The van der Waals surface area contributed by atoms with Crippen LogP contribution in [-0.2, 0) is 4.79 Å². The van der Waals surface area contributed by atoms with Gasteiger partial charge in [-0.25, -0.2) is 4.52 Å². The Kier molecular flexibility index (Phi) is 7.74. The number of hydrogen-bond acceptors (Lipinski definition) is 6. The molecule has 2 aliphatic heterocycles. The lowest BCUT2D eigenvalue weighted by Crippen LogP contribution is -2.44. The second kappa shape index (κ2) is 11.3. The molecule has 1 saturated heterocycles. The Balaban J connectivity index is 1.26. The molecule has 4 heterocycles. The molecule has 2 amide bonds. The first kappa shape index (κ1) is 25.9. The van der Waals surface area contributed by atoms with Crippen molar-refractivity contribution in [2.75, 3.05) is 45.6 Å². The van der Waals surface area contributed by atoms with E-state index in [1.807, 2.05) is 60.3 Å². The number of piperidine rings is 1. The third-order valence-corrected chi connectivity index (χ3v) is 7.68. The lowest BCUT2D eigenvalue weighted by atomic mass is 10.00. The summed E-state index contributed by atoms with van der Waals surface area (Å²) in [4.78, 5) is 36.1. The summed E-state index contributed by atoms with van der Waals surface area (Å²) in [6.07, 6.45) is 8.30. The molecule has 9 nitrogen and oxygen atoms in total. The number of nitrogens with zero attached hydrogens (tertiary/aromatic N) is 6. The number of anilines is 2. The third-order valence-electron chi connectivity index (χ3n) is 7.68. The van der Waals surface area contributed by atoms with Gasteiger partial charge in [0.05, 0.1) is 0 Å². The van der Waals surface area contributed by atoms with Crippen molar-refractivity contribution in [1.82, 2.24) is 29.3 Å². The molecule has 0 saturated carbocycles. The van der Waals surface area contributed by atoms with Gasteiger partial charge in [0.1, 0.15) is 0 Å². The lowest BCUT2D eigenvalue weighted by molar-refractivity contribution is -0.130. The number of pyridine rings is 1. The summed E-state index contributed by atoms with van der Waals surface area (Å²) in [5.41, 5.74) is 4.50. The van der Waals surface area contributed by atoms with E-state index in [2.05, 4.69) is 34.5 Å². The first-order valence-corrected chi connectivity index (χ1v) is 13.6. The zero-order chi connectivity index (χ0) is 26.6. The SMILES string of the molecule is CCCC(=O)N1CC=C(c2cccn3nc(Nc4ccc(C(=O)N(C)C5CCN(C)CC5)cc4)nc23)CC1. The molecule has 2 aromatic heterocycles. The first-order valence-electron chi connectivity index (χ1n) is 13.6. The zero-order valence-electron chi connectivity index (χ0n) is 22.6. The van der Waals surface area contributed by atoms with Crippen LogP contribution in [0.4, 0.5) is 11.6 Å². The highest BCUT2D eigenvalue weighted by molar-refractivity contribution is 5.94. The number of carbonyl (C=O) groups is 2. The van der Waals surface area contributed by atoms with Crippen LogP contribution >= 0.6 is 0 Å². The summed E-state index contributed by atoms with van der Waals surface area (Å²) in [7, 11) is 4.03. The van der Waals surface area contributed by atoms with Crippen molar-refractivity contribution in [2.45, 2.75) is 45.1 Å². The number of benzene rings is 1. The van der Waals surface area contributed by atoms with Gasteiger partial charge in [0.25, 0.3) is 5.91 Å². The van der Waals surface area contributed by atoms with Gasteiger partial charge in [0, 0.05) is 55.6 Å². The Bertz CT molecular complexity index is 1320. The molecule has 2 aliphatic rings. The van der Waals surface area contributed by atoms with Crippen LogP contribution in [0.25, 0.3) is 11.2 Å². The Morgan fingerprint density at radius 2 is 1.87 bits per heavy atom. The van der Waals surface area contributed by atoms with E-state index in [9.17, 15) is 9.59 Å². The molecule has 0 unspecified atom stereocenters. The van der Waals surface area contributed by atoms with Crippen LogP contribution < -0.4 is 5.32 Å². The van der Waals surface area contributed by atoms with Crippen LogP contribution in [-0.4, -0.2) is 87.4 Å². The fraction of sp³-hybridized carbons (Fsp3) is 0.448. The maximum absolute atomic E-state index is 13.0. The quantitative estimate of drug-likeness (QED) is 0.511. The summed E-state index contributed by atoms with van der Waals surface area (Å²) < 4.78 is 1.78. The first-order chi connectivity index (χ1) is 18.4. The predicted octanol–water partition coefficient (Wildman–Crippen LogP) is 4.05. The van der Waals surface area contributed by atoms with Gasteiger partial charge in [-0.15, -0.1) is 5.10 Å². The summed E-state index contributed by atoms with van der Waals surface area (Å²) in [5.74, 6) is 0.768. The molecule has 38 heavy (non-hydrogen) atoms. The molecule has 0 spiro atoms. The molecule has 200 valence electrons. The zero-order valence-corrected chi connectivity index (χ0v) is 22.6. The number of fused-ring (bicyclic) bond motifs is 1. The molecule has 1 fully saturated rings. The Labute approximate surface area is 224 Å². The molecule has 0 bridgehead atoms. The Morgan fingerprint density at radius 1 is 1.11 bits per heavy atom. The molecule has 0 aliphatic carbocycles. The molecule has 1 N–H and O–H groups in total. The van der Waals surface area contributed by atoms with E-state index < -0.39 is 0 Å². The second-order valence-corrected chi connectivity index (χ2v) is 10.3. The standard InChI is InChI=1S/C29H37N7O2/c1-4-6-26(37)35-19-12-21(13-20-35)25-7-5-16-36-27(25)31-29(32-36)30-23-10-8-22(9-11-23)28(38)34(3)24-14-17-33(2)18-15-24/h5,7-12,16,24H,4,6,13-15,17-20H2,1-3H3,(H,30,32). The van der Waals surface area contributed by atoms with Gasteiger partial charge in [-0.05, 0) is 87.8 Å². The van der Waals surface area contributed by atoms with Crippen molar-refractivity contribution < 1.29 is 9.59 Å². The second-order valence-electron chi connectivity index (χ2n) is 10.3. The van der Waals surface area contributed by atoms with E-state index in [1.165, 1.54) is 5.57 Å². The summed E-state index contributed by atoms with van der Waals surface area (Å²) >= 11 is 0. The maximum atomic E-state index is 13.0. The van der Waals surface area contributed by atoms with Gasteiger partial charge >= 0.3 is 0 Å². The number of amides is 2. The average Bonchev–Trinajstić information content (AvgIpc) is 3.36. The number of likely N-dealkylation sites (tertiary alicyclic amines) is 1. The number of carbonyl (C=O) groups excluding carboxylic acids is 2. The van der Waals surface area contributed by atoms with Crippen LogP contribution in [0.2, 0.25) is 0 Å². The Hall–Kier alpha value is -3.72. The monoisotopic (exact) mass is 515 g/mol. The largest absolute Gasteiger partial charge is 0.339 e. The normalized spacial score (nSPS) is 16.9. The van der Waals surface area contributed by atoms with Gasteiger partial charge in [-0.1, -0.05) is 13.0 Å². The van der Waals surface area contributed by atoms with Crippen molar-refractivity contribution in [1.29, 1.82) is 0 Å². The van der Waals surface area contributed by atoms with E-state index in [-0.39, 0.29) is 17.9 Å². The molecule has 5 rings (SSSR count). The minimum absolute atomic E-state index is 0.0531. The summed E-state index contributed by atoms with van der Waals surface area (Å²) in [6.45, 7) is 5.43. The van der Waals surface area contributed by atoms with Crippen LogP contribution in [0.5, 0.6) is 0 Å². The van der Waals surface area contributed by atoms with Crippen molar-refractivity contribution in [3.8, 4) is 0 Å². The molecular weight excluding hydrogens is 478 g/mol. The number of aromatic nitrogens is 3. The highest BCUT2D eigenvalue weighted by atomic mass is 16.2. The summed E-state index contributed by atoms with van der Waals surface area (Å²) in [5, 5.41) is 7.88. The molecule has 1 aromatic carbocycles. The van der Waals surface area contributed by atoms with Crippen LogP contribution in [0.15, 0.2) is 48.7 Å². The summed E-state index contributed by atoms with van der Waals surface area (Å²) in [6, 6.07) is 11.8. The minimum atomic E-state index is 0.0531. The van der Waals surface area contributed by atoms with Crippen LogP contribution in [0.1, 0.15) is 54.9 Å². The van der Waals surface area contributed by atoms with Crippen molar-refractivity contribution in [3.05, 3.63) is 59.8 Å². The molecule has 9 heteroatoms. The minimum Gasteiger partial charge on any atom is -0.339 e. The predicted molar refractivity (Wildman–Crippen MR) is 149 cm³/mol. The fourth-order valence-corrected chi connectivity index (χ4v) is 5.30. The van der Waals surface area contributed by atoms with Gasteiger partial charge in [-0.3, -0.25) is 9.59 Å². The van der Waals surface area contributed by atoms with Gasteiger partial charge in [0.15, 0.2) is 5.65 Å². The Morgan fingerprint density at radius 3 is 2.55 bits per heavy atom. The molecule has 0 radical (unpaired) electrons. The lowest BCUT2D eigenvalue weighted by Gasteiger charge is -2.35. The average molecular weight is 516 g/mol. The number of hydrogen-bond donors (Lipinski definition) is 1. The number of nitrogens with one attached hydrogen (secondary N) is 1. The topological polar surface area (TPSA) is 86.1 Å². The van der Waals surface area contributed by atoms with E-state index in [1.54, 1.807) is 4.52 Å². The molecule has 0 atom stereocenters. The molecular formula is C29H37N7O2. The van der Waals surface area contributed by atoms with Crippen molar-refractivity contribution in [3.63, 3.8) is 0 Å². The number of rotatable bonds is 7. The van der Waals surface area contributed by atoms with Crippen LogP contribution in [0, 0.1) is 0 Å². The fourth-order valence-electron chi connectivity index (χ4n) is 5.30. The highest BCUT2D eigenvalue weighted by Gasteiger charge is 2.25. The highest BCUT2D eigenvalue weighted by Crippen LogP contribution is 2.27. The van der Waals surface area contributed by atoms with E-state index in [0.29, 0.717) is 24.5 Å². The smallest absolute Gasteiger partial charge is 0.253 e. The van der Waals surface area contributed by atoms with Gasteiger partial charge in [0.2, 0.25) is 11.9 Å². The van der Waals surface area contributed by atoms with Crippen molar-refractivity contribution >= 4 is 34.7 Å². The van der Waals surface area contributed by atoms with Crippen LogP contribution in [0.3, 0.4) is 0 Å². The maximum Gasteiger partial charge on any atom is 0.253 e. The third kappa shape index (κ3) is 5.57. The van der Waals surface area contributed by atoms with E-state index in [4.69, 9.17) is 4.98 Å².